The number of likely N-dealkylation sites (tertiary alicyclic amines) is 1. The summed E-state index contributed by atoms with van der Waals surface area (Å²) in [5.41, 5.74) is -0.815. The van der Waals surface area contributed by atoms with Crippen molar-refractivity contribution in [3.05, 3.63) is 12.2 Å². The summed E-state index contributed by atoms with van der Waals surface area (Å²) in [7, 11) is 1.76. The zero-order valence-corrected chi connectivity index (χ0v) is 11.9. The van der Waals surface area contributed by atoms with Gasteiger partial charge >= 0.3 is 6.03 Å². The number of ether oxygens (including phenoxy) is 1. The molecule has 9 nitrogen and oxygen atoms in total. The van der Waals surface area contributed by atoms with Crippen LogP contribution >= 0.6 is 0 Å². The molecule has 0 aromatic carbocycles. The fourth-order valence-electron chi connectivity index (χ4n) is 2.84. The molecule has 2 aliphatic rings. The van der Waals surface area contributed by atoms with Gasteiger partial charge in [0.15, 0.2) is 0 Å². The minimum Gasteiger partial charge on any atom is -0.388 e. The summed E-state index contributed by atoms with van der Waals surface area (Å²) in [6, 6.07) is -0.533. The number of aromatic nitrogens is 3. The lowest BCUT2D eigenvalue weighted by Crippen LogP contribution is -2.70. The Morgan fingerprint density at radius 3 is 2.81 bits per heavy atom. The summed E-state index contributed by atoms with van der Waals surface area (Å²) in [4.78, 5) is 17.7. The first-order chi connectivity index (χ1) is 9.93. The Labute approximate surface area is 121 Å². The van der Waals surface area contributed by atoms with Crippen LogP contribution in [0.15, 0.2) is 6.33 Å². The molecular formula is C12H19N5O4. The Bertz CT molecular complexity index is 542. The van der Waals surface area contributed by atoms with E-state index in [0.717, 1.165) is 0 Å². The van der Waals surface area contributed by atoms with Crippen LogP contribution < -0.4 is 5.32 Å². The number of nitrogens with one attached hydrogen (secondary N) is 1. The molecule has 1 aromatic rings. The molecule has 1 aromatic heterocycles. The number of hydrogen-bond donors (Lipinski definition) is 3. The van der Waals surface area contributed by atoms with Gasteiger partial charge in [-0.1, -0.05) is 0 Å². The van der Waals surface area contributed by atoms with Crippen LogP contribution in [0.1, 0.15) is 18.8 Å². The molecule has 1 unspecified atom stereocenters. The van der Waals surface area contributed by atoms with Crippen molar-refractivity contribution in [3.63, 3.8) is 0 Å². The van der Waals surface area contributed by atoms with E-state index < -0.39 is 17.8 Å². The first-order valence-electron chi connectivity index (χ1n) is 6.82. The number of urea groups is 1. The molecule has 2 saturated heterocycles. The third kappa shape index (κ3) is 2.27. The van der Waals surface area contributed by atoms with Gasteiger partial charge in [0.25, 0.3) is 0 Å². The third-order valence-electron chi connectivity index (χ3n) is 4.12. The van der Waals surface area contributed by atoms with Crippen LogP contribution in [-0.4, -0.2) is 73.4 Å². The van der Waals surface area contributed by atoms with Crippen LogP contribution in [0.3, 0.4) is 0 Å². The second-order valence-corrected chi connectivity index (χ2v) is 5.66. The lowest BCUT2D eigenvalue weighted by Gasteiger charge is -2.48. The van der Waals surface area contributed by atoms with Crippen molar-refractivity contribution >= 4 is 6.03 Å². The number of amides is 2. The smallest absolute Gasteiger partial charge is 0.318 e. The molecule has 3 atom stereocenters. The zero-order chi connectivity index (χ0) is 15.2. The van der Waals surface area contributed by atoms with Crippen LogP contribution in [-0.2, 0) is 11.8 Å². The van der Waals surface area contributed by atoms with E-state index in [2.05, 4.69) is 15.4 Å². The SMILES string of the molecule is CC(NC(=O)N1CC2(C1)OC[C@@H](O)[C@H]2O)c1ncnn1C. The fraction of sp³-hybridized carbons (Fsp3) is 0.750. The molecule has 9 heteroatoms. The van der Waals surface area contributed by atoms with Crippen LogP contribution in [0.5, 0.6) is 0 Å². The summed E-state index contributed by atoms with van der Waals surface area (Å²) in [6.45, 7) is 2.46. The Morgan fingerprint density at radius 1 is 1.57 bits per heavy atom. The Kier molecular flexibility index (Phi) is 3.34. The highest BCUT2D eigenvalue weighted by molar-refractivity contribution is 5.76. The number of hydrogen-bond acceptors (Lipinski definition) is 6. The van der Waals surface area contributed by atoms with Crippen molar-refractivity contribution in [2.24, 2.45) is 7.05 Å². The lowest BCUT2D eigenvalue weighted by atomic mass is 9.87. The Hall–Kier alpha value is -1.71. The van der Waals surface area contributed by atoms with E-state index in [1.165, 1.54) is 11.2 Å². The monoisotopic (exact) mass is 297 g/mol. The second-order valence-electron chi connectivity index (χ2n) is 5.66. The first-order valence-corrected chi connectivity index (χ1v) is 6.82. The average molecular weight is 297 g/mol. The lowest BCUT2D eigenvalue weighted by molar-refractivity contribution is -0.140. The van der Waals surface area contributed by atoms with Crippen molar-refractivity contribution in [3.8, 4) is 0 Å². The summed E-state index contributed by atoms with van der Waals surface area (Å²) < 4.78 is 7.03. The van der Waals surface area contributed by atoms with Crippen LogP contribution in [0.2, 0.25) is 0 Å². The third-order valence-corrected chi connectivity index (χ3v) is 4.12. The highest BCUT2D eigenvalue weighted by Gasteiger charge is 2.57. The molecule has 1 spiro atoms. The average Bonchev–Trinajstić information content (AvgIpc) is 2.93. The largest absolute Gasteiger partial charge is 0.388 e. The molecule has 3 N–H and O–H groups in total. The molecule has 2 aliphatic heterocycles. The van der Waals surface area contributed by atoms with E-state index in [-0.39, 0.29) is 31.8 Å². The van der Waals surface area contributed by atoms with E-state index in [1.807, 2.05) is 6.92 Å². The Balaban J connectivity index is 1.56. The van der Waals surface area contributed by atoms with E-state index >= 15 is 0 Å². The van der Waals surface area contributed by atoms with Gasteiger partial charge in [0, 0.05) is 7.05 Å². The number of aliphatic hydroxyl groups is 2. The number of carbonyl (C=O) groups excluding carboxylic acids is 1. The summed E-state index contributed by atoms with van der Waals surface area (Å²) in [5, 5.41) is 26.2. The maximum Gasteiger partial charge on any atom is 0.318 e. The normalized spacial score (nSPS) is 28.5. The van der Waals surface area contributed by atoms with Crippen molar-refractivity contribution in [2.45, 2.75) is 30.8 Å². The van der Waals surface area contributed by atoms with Crippen LogP contribution in [0.4, 0.5) is 4.79 Å². The Morgan fingerprint density at radius 2 is 2.29 bits per heavy atom. The van der Waals surface area contributed by atoms with Gasteiger partial charge in [-0.3, -0.25) is 4.68 Å². The number of carbonyl (C=O) groups is 1. The van der Waals surface area contributed by atoms with Crippen molar-refractivity contribution in [1.82, 2.24) is 25.0 Å². The molecule has 2 fully saturated rings. The number of rotatable bonds is 2. The highest BCUT2D eigenvalue weighted by Crippen LogP contribution is 2.35. The van der Waals surface area contributed by atoms with E-state index in [9.17, 15) is 15.0 Å². The van der Waals surface area contributed by atoms with Gasteiger partial charge in [-0.05, 0) is 6.92 Å². The van der Waals surface area contributed by atoms with Crippen molar-refractivity contribution in [1.29, 1.82) is 0 Å². The van der Waals surface area contributed by atoms with Crippen LogP contribution in [0.25, 0.3) is 0 Å². The standard InChI is InChI=1S/C12H19N5O4/c1-7(10-13-6-14-16(10)2)15-11(20)17-4-12(5-17)9(19)8(18)3-21-12/h6-9,18-19H,3-5H2,1-2H3,(H,15,20)/t7?,8-,9-/m1/s1. The summed E-state index contributed by atoms with van der Waals surface area (Å²) in [5.74, 6) is 0.658. The quantitative estimate of drug-likeness (QED) is 0.605. The number of aliphatic hydroxyl groups excluding tert-OH is 2. The van der Waals surface area contributed by atoms with Gasteiger partial charge in [0.2, 0.25) is 0 Å². The molecular weight excluding hydrogens is 278 g/mol. The highest BCUT2D eigenvalue weighted by atomic mass is 16.5. The predicted molar refractivity (Wildman–Crippen MR) is 70.2 cm³/mol. The molecule has 116 valence electrons. The van der Waals surface area contributed by atoms with Gasteiger partial charge in [-0.25, -0.2) is 9.78 Å². The van der Waals surface area contributed by atoms with Crippen molar-refractivity contribution < 1.29 is 19.7 Å². The number of nitrogens with zero attached hydrogens (tertiary/aromatic N) is 4. The molecule has 21 heavy (non-hydrogen) atoms. The minimum absolute atomic E-state index is 0.103. The zero-order valence-electron chi connectivity index (χ0n) is 11.9. The topological polar surface area (TPSA) is 113 Å². The molecule has 0 aliphatic carbocycles. The minimum atomic E-state index is -0.947. The fourth-order valence-corrected chi connectivity index (χ4v) is 2.84. The van der Waals surface area contributed by atoms with Gasteiger partial charge in [-0.15, -0.1) is 0 Å². The summed E-state index contributed by atoms with van der Waals surface area (Å²) >= 11 is 0. The molecule has 0 radical (unpaired) electrons. The van der Waals surface area contributed by atoms with E-state index in [0.29, 0.717) is 5.82 Å². The van der Waals surface area contributed by atoms with Gasteiger partial charge < -0.3 is 25.2 Å². The van der Waals surface area contributed by atoms with Gasteiger partial charge in [0.1, 0.15) is 30.0 Å². The second kappa shape index (κ2) is 4.93. The molecule has 3 rings (SSSR count). The van der Waals surface area contributed by atoms with E-state index in [4.69, 9.17) is 4.74 Å². The maximum atomic E-state index is 12.1. The van der Waals surface area contributed by atoms with Crippen LogP contribution in [0, 0.1) is 0 Å². The first kappa shape index (κ1) is 14.2. The molecule has 2 amide bonds. The number of aryl methyl sites for hydroxylation is 1. The maximum absolute atomic E-state index is 12.1. The molecule has 0 bridgehead atoms. The van der Waals surface area contributed by atoms with E-state index in [1.54, 1.807) is 11.7 Å². The molecule has 0 saturated carbocycles. The predicted octanol–water partition coefficient (Wildman–Crippen LogP) is -1.61. The van der Waals surface area contributed by atoms with Gasteiger partial charge in [0.05, 0.1) is 25.7 Å². The molecule has 3 heterocycles. The summed E-state index contributed by atoms with van der Waals surface area (Å²) in [6.07, 6.45) is -0.397. The van der Waals surface area contributed by atoms with Crippen molar-refractivity contribution in [2.75, 3.05) is 19.7 Å². The van der Waals surface area contributed by atoms with Gasteiger partial charge in [-0.2, -0.15) is 5.10 Å².